The van der Waals surface area contributed by atoms with Crippen molar-refractivity contribution in [3.63, 3.8) is 0 Å². The number of likely N-dealkylation sites (N-methyl/N-ethyl adjacent to an activating group) is 1. The lowest BCUT2D eigenvalue weighted by molar-refractivity contribution is 0.362. The molecule has 0 saturated heterocycles. The van der Waals surface area contributed by atoms with Crippen LogP contribution in [0.1, 0.15) is 197 Å². The maximum absolute atomic E-state index is 2.47. The van der Waals surface area contributed by atoms with E-state index in [-0.39, 0.29) is 0 Å². The summed E-state index contributed by atoms with van der Waals surface area (Å²) in [6, 6.07) is 10.7. The number of hydrogen-bond acceptors (Lipinski definition) is 1. The van der Waals surface area contributed by atoms with Crippen molar-refractivity contribution in [2.45, 2.75) is 198 Å². The predicted octanol–water partition coefficient (Wildman–Crippen LogP) is 18.6. The van der Waals surface area contributed by atoms with Crippen LogP contribution in [0.15, 0.2) is 147 Å². The lowest BCUT2D eigenvalue weighted by Crippen LogP contribution is -2.17. The molecule has 0 spiro atoms. The summed E-state index contributed by atoms with van der Waals surface area (Å²) in [7, 11) is 2.20. The topological polar surface area (TPSA) is 3.24 Å². The van der Waals surface area contributed by atoms with Gasteiger partial charge in [-0.2, -0.15) is 0 Å². The minimum absolute atomic E-state index is 0.998. The second kappa shape index (κ2) is 34.3. The van der Waals surface area contributed by atoms with Crippen LogP contribution in [0.25, 0.3) is 0 Å². The summed E-state index contributed by atoms with van der Waals surface area (Å²) in [6.07, 6.45) is 45.4. The molecule has 0 saturated carbocycles. The highest BCUT2D eigenvalue weighted by Gasteiger charge is 2.00. The number of nitrogens with zero attached hydrogens (tertiary/aromatic N) is 1. The molecular weight excluding hydrogens is 711 g/mol. The molecule has 0 aliphatic rings. The van der Waals surface area contributed by atoms with Gasteiger partial charge in [0.25, 0.3) is 0 Å². The van der Waals surface area contributed by atoms with Crippen LogP contribution in [0.3, 0.4) is 0 Å². The van der Waals surface area contributed by atoms with Gasteiger partial charge in [-0.3, -0.25) is 4.90 Å². The van der Waals surface area contributed by atoms with Crippen LogP contribution in [0, 0.1) is 0 Å². The first-order valence-electron chi connectivity index (χ1n) is 23.5. The zero-order chi connectivity index (χ0) is 43.7. The first kappa shape index (κ1) is 53.6. The van der Waals surface area contributed by atoms with Gasteiger partial charge in [0.1, 0.15) is 0 Å². The van der Waals surface area contributed by atoms with Crippen molar-refractivity contribution in [1.29, 1.82) is 0 Å². The Kier molecular flexibility index (Phi) is 31.2. The normalized spacial score (nSPS) is 14.5. The van der Waals surface area contributed by atoms with Crippen molar-refractivity contribution in [2.24, 2.45) is 0 Å². The maximum atomic E-state index is 2.47. The summed E-state index contributed by atoms with van der Waals surface area (Å²) in [5, 5.41) is 0. The number of rotatable bonds is 31. The fourth-order valence-corrected chi connectivity index (χ4v) is 7.15. The standard InChI is InChI=1S/C58H91N/c1-48(2)25-16-26-49(3)27-17-28-50(4)29-18-30-51(5)31-19-32-52(6)33-20-34-53(7)35-21-36-54(8)37-22-38-55(9)39-23-40-56(10)41-24-42-57(11)45-46-59(12)47-58-43-14-13-15-44-58/h13-15,25,27,29,31,33,35,37,39,41,43-45H,16-24,26,28,30,32,34,36,38,40,42,46-47H2,1-12H3/b49-27+,50-29+,51-31+,52-33+,53-35+,54-37+,55-39+,56-41+,57-45+. The van der Waals surface area contributed by atoms with E-state index in [1.807, 2.05) is 0 Å². The molecule has 1 aromatic carbocycles. The van der Waals surface area contributed by atoms with Gasteiger partial charge in [0.05, 0.1) is 0 Å². The van der Waals surface area contributed by atoms with Crippen molar-refractivity contribution in [1.82, 2.24) is 4.90 Å². The van der Waals surface area contributed by atoms with Gasteiger partial charge in [-0.25, -0.2) is 0 Å². The quantitative estimate of drug-likeness (QED) is 0.0676. The Labute approximate surface area is 367 Å². The van der Waals surface area contributed by atoms with Crippen LogP contribution in [0.4, 0.5) is 0 Å². The minimum Gasteiger partial charge on any atom is -0.298 e. The second-order valence-corrected chi connectivity index (χ2v) is 18.3. The van der Waals surface area contributed by atoms with Crippen LogP contribution in [0.2, 0.25) is 0 Å². The molecule has 0 fully saturated rings. The Balaban J connectivity index is 2.22. The Morgan fingerprint density at radius 2 is 0.576 bits per heavy atom. The SMILES string of the molecule is CC(C)=CCC/C(C)=C/CC/C(C)=C/CC/C(C)=C/CC/C(C)=C/CC/C(C)=C/CC/C(C)=C/CC/C(C)=C/CC/C(C)=C/CC/C(C)=C/CN(C)Cc1ccccc1. The van der Waals surface area contributed by atoms with E-state index in [1.54, 1.807) is 0 Å². The molecule has 59 heavy (non-hydrogen) atoms. The van der Waals surface area contributed by atoms with Crippen molar-refractivity contribution >= 4 is 0 Å². The Morgan fingerprint density at radius 3 is 0.831 bits per heavy atom. The van der Waals surface area contributed by atoms with E-state index in [0.717, 1.165) is 64.5 Å². The second-order valence-electron chi connectivity index (χ2n) is 18.3. The molecule has 1 rings (SSSR count). The van der Waals surface area contributed by atoms with Crippen LogP contribution >= 0.6 is 0 Å². The van der Waals surface area contributed by atoms with E-state index < -0.39 is 0 Å². The number of allylic oxidation sites excluding steroid dienone is 19. The van der Waals surface area contributed by atoms with Crippen molar-refractivity contribution in [2.75, 3.05) is 13.6 Å². The van der Waals surface area contributed by atoms with Crippen LogP contribution in [-0.4, -0.2) is 18.5 Å². The van der Waals surface area contributed by atoms with Crippen LogP contribution in [0.5, 0.6) is 0 Å². The summed E-state index contributed by atoms with van der Waals surface area (Å²) in [6.45, 7) is 27.1. The molecule has 1 nitrogen and oxygen atoms in total. The van der Waals surface area contributed by atoms with Gasteiger partial charge in [-0.1, -0.05) is 147 Å². The van der Waals surface area contributed by atoms with E-state index in [1.165, 1.54) is 126 Å². The van der Waals surface area contributed by atoms with E-state index >= 15 is 0 Å². The third-order valence-corrected chi connectivity index (χ3v) is 11.4. The third-order valence-electron chi connectivity index (χ3n) is 11.4. The molecule has 1 aromatic rings. The Bertz CT molecular complexity index is 1600. The highest BCUT2D eigenvalue weighted by Crippen LogP contribution is 2.18. The monoisotopic (exact) mass is 802 g/mol. The van der Waals surface area contributed by atoms with Gasteiger partial charge in [0.15, 0.2) is 0 Å². The smallest absolute Gasteiger partial charge is 0.0233 e. The molecule has 0 aromatic heterocycles. The van der Waals surface area contributed by atoms with Gasteiger partial charge in [-0.15, -0.1) is 0 Å². The van der Waals surface area contributed by atoms with Gasteiger partial charge < -0.3 is 0 Å². The zero-order valence-electron chi connectivity index (χ0n) is 40.7. The molecule has 0 heterocycles. The van der Waals surface area contributed by atoms with Crippen molar-refractivity contribution in [3.05, 3.63) is 152 Å². The van der Waals surface area contributed by atoms with Crippen molar-refractivity contribution in [3.8, 4) is 0 Å². The van der Waals surface area contributed by atoms with Gasteiger partial charge >= 0.3 is 0 Å². The zero-order valence-corrected chi connectivity index (χ0v) is 40.7. The first-order valence-corrected chi connectivity index (χ1v) is 23.5. The molecule has 0 aliphatic heterocycles. The lowest BCUT2D eigenvalue weighted by Gasteiger charge is -2.15. The molecule has 0 atom stereocenters. The summed E-state index contributed by atoms with van der Waals surface area (Å²) >= 11 is 0. The fourth-order valence-electron chi connectivity index (χ4n) is 7.15. The summed E-state index contributed by atoms with van der Waals surface area (Å²) < 4.78 is 0. The third kappa shape index (κ3) is 33.0. The molecule has 328 valence electrons. The molecule has 0 aliphatic carbocycles. The van der Waals surface area contributed by atoms with Crippen molar-refractivity contribution < 1.29 is 0 Å². The molecule has 0 radical (unpaired) electrons. The molecule has 0 bridgehead atoms. The van der Waals surface area contributed by atoms with E-state index in [4.69, 9.17) is 0 Å². The highest BCUT2D eigenvalue weighted by atomic mass is 15.1. The maximum Gasteiger partial charge on any atom is 0.0233 e. The minimum atomic E-state index is 0.998. The number of benzene rings is 1. The molecule has 0 amide bonds. The molecular formula is C58H91N. The Hall–Kier alpha value is -3.42. The molecule has 0 unspecified atom stereocenters. The highest BCUT2D eigenvalue weighted by molar-refractivity contribution is 5.15. The van der Waals surface area contributed by atoms with Crippen LogP contribution < -0.4 is 0 Å². The summed E-state index contributed by atoms with van der Waals surface area (Å²) in [4.78, 5) is 2.38. The van der Waals surface area contributed by atoms with Crippen LogP contribution in [-0.2, 0) is 6.54 Å². The van der Waals surface area contributed by atoms with E-state index in [0.29, 0.717) is 0 Å². The number of hydrogen-bond donors (Lipinski definition) is 0. The van der Waals surface area contributed by atoms with E-state index in [2.05, 4.69) is 179 Å². The molecule has 0 N–H and O–H groups in total. The fraction of sp³-hybridized carbons (Fsp3) is 0.552. The van der Waals surface area contributed by atoms with Gasteiger partial charge in [0.2, 0.25) is 0 Å². The predicted molar refractivity (Wildman–Crippen MR) is 269 cm³/mol. The van der Waals surface area contributed by atoms with E-state index in [9.17, 15) is 0 Å². The van der Waals surface area contributed by atoms with Gasteiger partial charge in [-0.05, 0) is 204 Å². The average molecular weight is 802 g/mol. The molecule has 1 heteroatoms. The largest absolute Gasteiger partial charge is 0.298 e. The Morgan fingerprint density at radius 1 is 0.339 bits per heavy atom. The summed E-state index contributed by atoms with van der Waals surface area (Å²) in [5.41, 5.74) is 16.5. The van der Waals surface area contributed by atoms with Gasteiger partial charge in [0, 0.05) is 13.1 Å². The first-order chi connectivity index (χ1) is 28.2. The lowest BCUT2D eigenvalue weighted by atomic mass is 10.0. The summed E-state index contributed by atoms with van der Waals surface area (Å²) in [5.74, 6) is 0. The average Bonchev–Trinajstić information content (AvgIpc) is 3.17.